The number of hydrogen-bond acceptors (Lipinski definition) is 2. The van der Waals surface area contributed by atoms with Crippen molar-refractivity contribution in [3.8, 4) is 5.75 Å². The van der Waals surface area contributed by atoms with Crippen LogP contribution in [0, 0.1) is 0 Å². The Morgan fingerprint density at radius 2 is 1.32 bits per heavy atom. The van der Waals surface area contributed by atoms with Gasteiger partial charge in [-0.3, -0.25) is 0 Å². The zero-order valence-corrected chi connectivity index (χ0v) is 17.8. The van der Waals surface area contributed by atoms with Crippen molar-refractivity contribution in [2.75, 3.05) is 5.32 Å². The molecule has 31 heavy (non-hydrogen) atoms. The van der Waals surface area contributed by atoms with Crippen LogP contribution in [-0.2, 0) is 13.2 Å². The summed E-state index contributed by atoms with van der Waals surface area (Å²) in [6.45, 7) is 1.17. The van der Waals surface area contributed by atoms with Gasteiger partial charge in [0.05, 0.1) is 0 Å². The number of halogens is 1. The zero-order valence-electron chi connectivity index (χ0n) is 17.0. The monoisotopic (exact) mass is 423 g/mol. The third-order valence-electron chi connectivity index (χ3n) is 5.55. The first-order valence-electron chi connectivity index (χ1n) is 10.4. The minimum absolute atomic E-state index is 0.497. The number of ether oxygens (including phenoxy) is 1. The predicted octanol–water partition coefficient (Wildman–Crippen LogP) is 7.84. The lowest BCUT2D eigenvalue weighted by molar-refractivity contribution is 0.304. The van der Waals surface area contributed by atoms with Crippen molar-refractivity contribution in [2.45, 2.75) is 13.2 Å². The largest absolute Gasteiger partial charge is 0.489 e. The predicted molar refractivity (Wildman–Crippen MR) is 131 cm³/mol. The van der Waals surface area contributed by atoms with Gasteiger partial charge in [-0.15, -0.1) is 0 Å². The summed E-state index contributed by atoms with van der Waals surface area (Å²) in [4.78, 5) is 0. The van der Waals surface area contributed by atoms with Gasteiger partial charge < -0.3 is 10.1 Å². The van der Waals surface area contributed by atoms with Gasteiger partial charge in [0.25, 0.3) is 0 Å². The average Bonchev–Trinajstić information content (AvgIpc) is 2.82. The van der Waals surface area contributed by atoms with E-state index >= 15 is 0 Å². The number of hydrogen-bond donors (Lipinski definition) is 1. The maximum atomic E-state index is 6.26. The van der Waals surface area contributed by atoms with Crippen LogP contribution in [-0.4, -0.2) is 0 Å². The fraction of sp³-hybridized carbons (Fsp3) is 0.0714. The van der Waals surface area contributed by atoms with E-state index in [1.165, 1.54) is 21.5 Å². The molecule has 0 spiro atoms. The zero-order chi connectivity index (χ0) is 21.0. The Kier molecular flexibility index (Phi) is 5.47. The highest BCUT2D eigenvalue weighted by atomic mass is 35.5. The highest BCUT2D eigenvalue weighted by Gasteiger charge is 2.10. The molecule has 5 aromatic carbocycles. The van der Waals surface area contributed by atoms with Gasteiger partial charge in [0.1, 0.15) is 12.4 Å². The van der Waals surface area contributed by atoms with Crippen LogP contribution in [0.5, 0.6) is 5.75 Å². The molecule has 0 bridgehead atoms. The summed E-state index contributed by atoms with van der Waals surface area (Å²) in [7, 11) is 0. The first kappa shape index (κ1) is 19.5. The van der Waals surface area contributed by atoms with Gasteiger partial charge in [0, 0.05) is 28.2 Å². The highest BCUT2D eigenvalue weighted by molar-refractivity contribution is 6.30. The first-order valence-corrected chi connectivity index (χ1v) is 10.8. The second-order valence-electron chi connectivity index (χ2n) is 7.56. The Labute approximate surface area is 187 Å². The van der Waals surface area contributed by atoms with Crippen molar-refractivity contribution in [3.63, 3.8) is 0 Å². The van der Waals surface area contributed by atoms with Crippen molar-refractivity contribution in [3.05, 3.63) is 119 Å². The second kappa shape index (κ2) is 8.71. The molecule has 5 rings (SSSR count). The summed E-state index contributed by atoms with van der Waals surface area (Å²) in [5.41, 5.74) is 3.36. The molecule has 3 heteroatoms. The SMILES string of the molecule is Clc1ccc(COc2ccc3ccccc3c2CNc2cccc3ccccc23)cc1. The van der Waals surface area contributed by atoms with Gasteiger partial charge in [-0.25, -0.2) is 0 Å². The quantitative estimate of drug-likeness (QED) is 0.300. The molecule has 0 radical (unpaired) electrons. The highest BCUT2D eigenvalue weighted by Crippen LogP contribution is 2.31. The van der Waals surface area contributed by atoms with E-state index in [-0.39, 0.29) is 0 Å². The molecule has 0 atom stereocenters. The molecule has 0 saturated carbocycles. The van der Waals surface area contributed by atoms with Gasteiger partial charge in [-0.2, -0.15) is 0 Å². The molecule has 0 unspecified atom stereocenters. The third-order valence-corrected chi connectivity index (χ3v) is 5.80. The third kappa shape index (κ3) is 4.21. The minimum Gasteiger partial charge on any atom is -0.489 e. The molecule has 0 heterocycles. The Balaban J connectivity index is 1.46. The molecule has 0 aliphatic heterocycles. The summed E-state index contributed by atoms with van der Waals surface area (Å²) < 4.78 is 6.26. The summed E-state index contributed by atoms with van der Waals surface area (Å²) in [5, 5.41) is 9.22. The van der Waals surface area contributed by atoms with Gasteiger partial charge in [-0.1, -0.05) is 90.5 Å². The normalized spacial score (nSPS) is 11.0. The van der Waals surface area contributed by atoms with Gasteiger partial charge in [0.15, 0.2) is 0 Å². The first-order chi connectivity index (χ1) is 15.3. The molecular weight excluding hydrogens is 402 g/mol. The maximum absolute atomic E-state index is 6.26. The van der Waals surface area contributed by atoms with E-state index in [0.717, 1.165) is 27.6 Å². The summed E-state index contributed by atoms with van der Waals surface area (Å²) >= 11 is 6.01. The molecule has 152 valence electrons. The lowest BCUT2D eigenvalue weighted by Crippen LogP contribution is -2.05. The summed E-state index contributed by atoms with van der Waals surface area (Å²) in [5.74, 6) is 0.890. The molecule has 5 aromatic rings. The smallest absolute Gasteiger partial charge is 0.125 e. The number of anilines is 1. The van der Waals surface area contributed by atoms with Gasteiger partial charge >= 0.3 is 0 Å². The van der Waals surface area contributed by atoms with Crippen molar-refractivity contribution < 1.29 is 4.74 Å². The van der Waals surface area contributed by atoms with Crippen LogP contribution in [0.2, 0.25) is 5.02 Å². The van der Waals surface area contributed by atoms with E-state index in [2.05, 4.69) is 84.2 Å². The molecule has 0 aromatic heterocycles. The number of rotatable bonds is 6. The van der Waals surface area contributed by atoms with Crippen LogP contribution in [0.15, 0.2) is 103 Å². The van der Waals surface area contributed by atoms with Gasteiger partial charge in [-0.05, 0) is 46.0 Å². The van der Waals surface area contributed by atoms with E-state index in [4.69, 9.17) is 16.3 Å². The average molecular weight is 424 g/mol. The van der Waals surface area contributed by atoms with E-state index in [1.807, 2.05) is 24.3 Å². The van der Waals surface area contributed by atoms with Crippen molar-refractivity contribution in [2.24, 2.45) is 0 Å². The van der Waals surface area contributed by atoms with Crippen LogP contribution in [0.25, 0.3) is 21.5 Å². The molecule has 1 N–H and O–H groups in total. The van der Waals surface area contributed by atoms with E-state index in [0.29, 0.717) is 13.2 Å². The van der Waals surface area contributed by atoms with Crippen molar-refractivity contribution >= 4 is 38.8 Å². The fourth-order valence-corrected chi connectivity index (χ4v) is 4.06. The Bertz CT molecular complexity index is 1340. The van der Waals surface area contributed by atoms with Crippen LogP contribution >= 0.6 is 11.6 Å². The standard InChI is InChI=1S/C28H22ClNO/c29-23-15-12-20(13-16-23)19-31-28-17-14-22-7-1-3-9-24(22)26(28)18-30-27-11-5-8-21-6-2-4-10-25(21)27/h1-17,30H,18-19H2. The fourth-order valence-electron chi connectivity index (χ4n) is 3.94. The van der Waals surface area contributed by atoms with Crippen molar-refractivity contribution in [1.29, 1.82) is 0 Å². The minimum atomic E-state index is 0.497. The topological polar surface area (TPSA) is 21.3 Å². The molecule has 0 aliphatic rings. The summed E-state index contributed by atoms with van der Waals surface area (Å²) in [6.07, 6.45) is 0. The molecule has 0 aliphatic carbocycles. The van der Waals surface area contributed by atoms with Crippen LogP contribution in [0.4, 0.5) is 5.69 Å². The molecule has 0 amide bonds. The summed E-state index contributed by atoms with van der Waals surface area (Å²) in [6, 6.07) is 35.2. The Morgan fingerprint density at radius 3 is 2.13 bits per heavy atom. The molecule has 2 nitrogen and oxygen atoms in total. The number of fused-ring (bicyclic) bond motifs is 2. The van der Waals surface area contributed by atoms with E-state index in [9.17, 15) is 0 Å². The van der Waals surface area contributed by atoms with E-state index in [1.54, 1.807) is 0 Å². The maximum Gasteiger partial charge on any atom is 0.125 e. The molecule has 0 fully saturated rings. The van der Waals surface area contributed by atoms with Crippen molar-refractivity contribution in [1.82, 2.24) is 0 Å². The van der Waals surface area contributed by atoms with Crippen LogP contribution in [0.1, 0.15) is 11.1 Å². The Morgan fingerprint density at radius 1 is 0.645 bits per heavy atom. The Hall–Kier alpha value is -3.49. The lowest BCUT2D eigenvalue weighted by atomic mass is 10.0. The van der Waals surface area contributed by atoms with E-state index < -0.39 is 0 Å². The number of benzene rings is 5. The van der Waals surface area contributed by atoms with Crippen LogP contribution in [0.3, 0.4) is 0 Å². The lowest BCUT2D eigenvalue weighted by Gasteiger charge is -2.17. The number of nitrogens with one attached hydrogen (secondary N) is 1. The molecular formula is C28H22ClNO. The second-order valence-corrected chi connectivity index (χ2v) is 8.00. The molecule has 0 saturated heterocycles. The van der Waals surface area contributed by atoms with Crippen LogP contribution < -0.4 is 10.1 Å². The van der Waals surface area contributed by atoms with Gasteiger partial charge in [0.2, 0.25) is 0 Å².